The van der Waals surface area contributed by atoms with Crippen molar-refractivity contribution >= 4 is 11.8 Å². The van der Waals surface area contributed by atoms with E-state index in [1.807, 2.05) is 5.32 Å². The molecule has 0 unspecified atom stereocenters. The molecule has 1 aromatic rings. The molecule has 1 aromatic heterocycles. The molecule has 5 heteroatoms. The van der Waals surface area contributed by atoms with Crippen LogP contribution in [0.5, 0.6) is 0 Å². The lowest BCUT2D eigenvalue weighted by molar-refractivity contribution is 0.209. The van der Waals surface area contributed by atoms with E-state index in [0.29, 0.717) is 5.69 Å². The van der Waals surface area contributed by atoms with Crippen LogP contribution in [0.25, 0.3) is 0 Å². The molecule has 0 fully saturated rings. The molecule has 2 N–H and O–H groups in total. The van der Waals surface area contributed by atoms with Crippen molar-refractivity contribution in [3.63, 3.8) is 0 Å². The molecule has 0 aromatic carbocycles. The summed E-state index contributed by atoms with van der Waals surface area (Å²) in [5.41, 5.74) is 0.336. The molecule has 0 spiro atoms. The highest BCUT2D eigenvalue weighted by Crippen LogP contribution is 2.01. The Morgan fingerprint density at radius 3 is 3.11 bits per heavy atom. The maximum absolute atomic E-state index is 9.89. The number of aromatic nitrogens is 1. The fraction of sp³-hybridized carbons (Fsp3) is 0. The highest BCUT2D eigenvalue weighted by Gasteiger charge is 1.97. The van der Waals surface area contributed by atoms with Crippen molar-refractivity contribution in [3.05, 3.63) is 12.5 Å². The lowest BCUT2D eigenvalue weighted by atomic mass is 10.6. The molecule has 9 heavy (non-hydrogen) atoms. The van der Waals surface area contributed by atoms with E-state index >= 15 is 0 Å². The molecule has 0 aliphatic heterocycles. The van der Waals surface area contributed by atoms with E-state index < -0.39 is 6.09 Å². The molecule has 0 aliphatic rings. The Balaban J connectivity index is 2.58. The van der Waals surface area contributed by atoms with Crippen molar-refractivity contribution in [1.82, 2.24) is 5.16 Å². The number of nitrogens with zero attached hydrogens (tertiary/aromatic N) is 1. The van der Waals surface area contributed by atoms with Gasteiger partial charge in [-0.3, -0.25) is 5.32 Å². The van der Waals surface area contributed by atoms with Crippen LogP contribution < -0.4 is 5.32 Å². The van der Waals surface area contributed by atoms with Gasteiger partial charge in [0.15, 0.2) is 0 Å². The molecule has 0 bridgehead atoms. The number of carboxylic acid groups (broad SMARTS) is 1. The first kappa shape index (κ1) is 5.61. The topological polar surface area (TPSA) is 75.4 Å². The number of rotatable bonds is 1. The van der Waals surface area contributed by atoms with Crippen LogP contribution >= 0.6 is 0 Å². The molecular weight excluding hydrogens is 124 g/mol. The van der Waals surface area contributed by atoms with Gasteiger partial charge in [-0.2, -0.15) is 0 Å². The Hall–Kier alpha value is -1.52. The maximum atomic E-state index is 9.89. The van der Waals surface area contributed by atoms with Crippen LogP contribution in [-0.2, 0) is 0 Å². The first-order valence-corrected chi connectivity index (χ1v) is 2.18. The first-order valence-electron chi connectivity index (χ1n) is 2.18. The minimum atomic E-state index is -1.13. The zero-order valence-corrected chi connectivity index (χ0v) is 4.37. The molecule has 0 radical (unpaired) electrons. The van der Waals surface area contributed by atoms with E-state index in [1.165, 1.54) is 12.5 Å². The fourth-order valence-electron chi connectivity index (χ4n) is 0.390. The predicted octanol–water partition coefficient (Wildman–Crippen LogP) is 0.764. The third-order valence-electron chi connectivity index (χ3n) is 0.684. The van der Waals surface area contributed by atoms with Gasteiger partial charge in [-0.15, -0.1) is 0 Å². The van der Waals surface area contributed by atoms with E-state index in [-0.39, 0.29) is 0 Å². The van der Waals surface area contributed by atoms with Crippen LogP contribution in [0.2, 0.25) is 0 Å². The summed E-state index contributed by atoms with van der Waals surface area (Å²) < 4.78 is 4.34. The van der Waals surface area contributed by atoms with Gasteiger partial charge in [0, 0.05) is 0 Å². The van der Waals surface area contributed by atoms with Crippen LogP contribution in [-0.4, -0.2) is 16.4 Å². The van der Waals surface area contributed by atoms with Crippen molar-refractivity contribution < 1.29 is 14.4 Å². The van der Waals surface area contributed by atoms with Gasteiger partial charge < -0.3 is 9.63 Å². The Morgan fingerprint density at radius 1 is 1.89 bits per heavy atom. The third kappa shape index (κ3) is 1.45. The number of nitrogens with one attached hydrogen (secondary N) is 1. The lowest BCUT2D eigenvalue weighted by Gasteiger charge is -1.88. The summed E-state index contributed by atoms with van der Waals surface area (Å²) in [6, 6.07) is 0. The fourth-order valence-corrected chi connectivity index (χ4v) is 0.390. The van der Waals surface area contributed by atoms with E-state index in [0.717, 1.165) is 0 Å². The first-order chi connectivity index (χ1) is 4.29. The average molecular weight is 128 g/mol. The second-order valence-electron chi connectivity index (χ2n) is 1.34. The molecule has 1 amide bonds. The predicted molar refractivity (Wildman–Crippen MR) is 28.2 cm³/mol. The Morgan fingerprint density at radius 2 is 2.67 bits per heavy atom. The van der Waals surface area contributed by atoms with E-state index in [1.54, 1.807) is 0 Å². The summed E-state index contributed by atoms with van der Waals surface area (Å²) >= 11 is 0. The average Bonchev–Trinajstić information content (AvgIpc) is 2.15. The third-order valence-corrected chi connectivity index (χ3v) is 0.684. The molecule has 0 saturated heterocycles. The van der Waals surface area contributed by atoms with Gasteiger partial charge in [-0.05, 0) is 0 Å². The van der Waals surface area contributed by atoms with Gasteiger partial charge in [-0.25, -0.2) is 4.79 Å². The summed E-state index contributed by atoms with van der Waals surface area (Å²) in [6.45, 7) is 0. The largest absolute Gasteiger partial charge is 0.465 e. The van der Waals surface area contributed by atoms with Gasteiger partial charge >= 0.3 is 6.09 Å². The van der Waals surface area contributed by atoms with Gasteiger partial charge in [0.1, 0.15) is 12.0 Å². The Kier molecular flexibility index (Phi) is 1.35. The summed E-state index contributed by atoms with van der Waals surface area (Å²) in [4.78, 5) is 9.89. The summed E-state index contributed by atoms with van der Waals surface area (Å²) in [5, 5.41) is 13.4. The normalized spacial score (nSPS) is 8.89. The van der Waals surface area contributed by atoms with Crippen LogP contribution in [0.4, 0.5) is 10.5 Å². The van der Waals surface area contributed by atoms with Crippen LogP contribution in [0, 0.1) is 0 Å². The second-order valence-corrected chi connectivity index (χ2v) is 1.34. The van der Waals surface area contributed by atoms with Gasteiger partial charge in [0.05, 0.1) is 6.20 Å². The van der Waals surface area contributed by atoms with E-state index in [4.69, 9.17) is 5.11 Å². The molecular formula is C4H4N2O3. The Bertz CT molecular complexity index is 194. The quantitative estimate of drug-likeness (QED) is 0.585. The van der Waals surface area contributed by atoms with E-state index in [9.17, 15) is 4.79 Å². The van der Waals surface area contributed by atoms with Crippen LogP contribution in [0.3, 0.4) is 0 Å². The van der Waals surface area contributed by atoms with Crippen molar-refractivity contribution in [2.24, 2.45) is 0 Å². The highest BCUT2D eigenvalue weighted by atomic mass is 16.5. The molecule has 0 aliphatic carbocycles. The summed E-state index contributed by atoms with van der Waals surface area (Å²) in [5.74, 6) is 0. The van der Waals surface area contributed by atoms with Crippen molar-refractivity contribution in [2.45, 2.75) is 0 Å². The number of hydrogen-bond donors (Lipinski definition) is 2. The zero-order chi connectivity index (χ0) is 6.69. The van der Waals surface area contributed by atoms with E-state index in [2.05, 4.69) is 9.68 Å². The summed E-state index contributed by atoms with van der Waals surface area (Å²) in [7, 11) is 0. The van der Waals surface area contributed by atoms with Gasteiger partial charge in [0.2, 0.25) is 0 Å². The van der Waals surface area contributed by atoms with Crippen LogP contribution in [0.1, 0.15) is 0 Å². The standard InChI is InChI=1S/C4H4N2O3/c7-4(8)6-3-1-5-9-2-3/h1-2,6H,(H,7,8). The second kappa shape index (κ2) is 2.17. The van der Waals surface area contributed by atoms with Crippen LogP contribution in [0.15, 0.2) is 17.0 Å². The molecule has 0 atom stereocenters. The summed E-state index contributed by atoms with van der Waals surface area (Å²) in [6.07, 6.45) is 1.35. The van der Waals surface area contributed by atoms with Crippen molar-refractivity contribution in [3.8, 4) is 0 Å². The maximum Gasteiger partial charge on any atom is 0.409 e. The number of anilines is 1. The zero-order valence-electron chi connectivity index (χ0n) is 4.37. The molecule has 0 saturated carbocycles. The highest BCUT2D eigenvalue weighted by molar-refractivity contribution is 5.82. The Labute approximate surface area is 50.3 Å². The SMILES string of the molecule is O=C(O)Nc1cnoc1. The monoisotopic (exact) mass is 128 g/mol. The van der Waals surface area contributed by atoms with Gasteiger partial charge in [0.25, 0.3) is 0 Å². The minimum absolute atomic E-state index is 0.336. The molecule has 1 rings (SSSR count). The van der Waals surface area contributed by atoms with Crippen molar-refractivity contribution in [2.75, 3.05) is 5.32 Å². The molecule has 5 nitrogen and oxygen atoms in total. The minimum Gasteiger partial charge on any atom is -0.465 e. The molecule has 1 heterocycles. The number of hydrogen-bond acceptors (Lipinski definition) is 3. The van der Waals surface area contributed by atoms with Crippen molar-refractivity contribution in [1.29, 1.82) is 0 Å². The smallest absolute Gasteiger partial charge is 0.409 e. The lowest BCUT2D eigenvalue weighted by Crippen LogP contribution is -2.05. The number of carbonyl (C=O) groups is 1. The van der Waals surface area contributed by atoms with Gasteiger partial charge in [-0.1, -0.05) is 5.16 Å². The number of amides is 1. The molecule has 48 valence electrons.